The molecule has 106 valence electrons. The molecule has 0 atom stereocenters. The SMILES string of the molecule is CC(C)c1ccccc1OCCNCC1CCCC1. The Morgan fingerprint density at radius 2 is 1.95 bits per heavy atom. The Hall–Kier alpha value is -1.02. The molecule has 1 N–H and O–H groups in total. The van der Waals surface area contributed by atoms with E-state index in [2.05, 4.69) is 37.4 Å². The smallest absolute Gasteiger partial charge is 0.122 e. The van der Waals surface area contributed by atoms with E-state index >= 15 is 0 Å². The normalized spacial score (nSPS) is 16.2. The summed E-state index contributed by atoms with van der Waals surface area (Å²) in [4.78, 5) is 0. The van der Waals surface area contributed by atoms with Crippen LogP contribution in [0.3, 0.4) is 0 Å². The molecular weight excluding hydrogens is 234 g/mol. The van der Waals surface area contributed by atoms with Gasteiger partial charge in [0, 0.05) is 6.54 Å². The minimum absolute atomic E-state index is 0.516. The fraction of sp³-hybridized carbons (Fsp3) is 0.647. The zero-order valence-corrected chi connectivity index (χ0v) is 12.3. The second-order valence-electron chi connectivity index (χ2n) is 5.90. The standard InChI is InChI=1S/C17H27NO/c1-14(2)16-9-5-6-10-17(16)19-12-11-18-13-15-7-3-4-8-15/h5-6,9-10,14-15,18H,3-4,7-8,11-13H2,1-2H3. The highest BCUT2D eigenvalue weighted by molar-refractivity contribution is 5.35. The summed E-state index contributed by atoms with van der Waals surface area (Å²) in [5, 5.41) is 3.52. The second kappa shape index (κ2) is 7.54. The van der Waals surface area contributed by atoms with Gasteiger partial charge in [-0.2, -0.15) is 0 Å². The van der Waals surface area contributed by atoms with Crippen molar-refractivity contribution >= 4 is 0 Å². The van der Waals surface area contributed by atoms with Gasteiger partial charge in [-0.3, -0.25) is 0 Å². The van der Waals surface area contributed by atoms with Crippen LogP contribution >= 0.6 is 0 Å². The molecule has 1 aromatic rings. The molecule has 1 fully saturated rings. The maximum Gasteiger partial charge on any atom is 0.122 e. The number of ether oxygens (including phenoxy) is 1. The molecule has 1 aliphatic carbocycles. The van der Waals surface area contributed by atoms with Crippen LogP contribution in [0.15, 0.2) is 24.3 Å². The Bertz CT molecular complexity index is 369. The Kier molecular flexibility index (Phi) is 5.71. The molecule has 1 aliphatic rings. The molecule has 0 unspecified atom stereocenters. The van der Waals surface area contributed by atoms with Crippen molar-refractivity contribution in [1.29, 1.82) is 0 Å². The summed E-state index contributed by atoms with van der Waals surface area (Å²) in [6.45, 7) is 7.29. The molecule has 2 rings (SSSR count). The summed E-state index contributed by atoms with van der Waals surface area (Å²) >= 11 is 0. The number of hydrogen-bond donors (Lipinski definition) is 1. The largest absolute Gasteiger partial charge is 0.492 e. The third kappa shape index (κ3) is 4.54. The summed E-state index contributed by atoms with van der Waals surface area (Å²) in [6.07, 6.45) is 5.66. The molecule has 0 saturated heterocycles. The van der Waals surface area contributed by atoms with Gasteiger partial charge < -0.3 is 10.1 Å². The Morgan fingerprint density at radius 3 is 2.68 bits per heavy atom. The highest BCUT2D eigenvalue weighted by Crippen LogP contribution is 2.26. The summed E-state index contributed by atoms with van der Waals surface area (Å²) in [6, 6.07) is 8.37. The molecule has 1 aromatic carbocycles. The van der Waals surface area contributed by atoms with Crippen molar-refractivity contribution in [1.82, 2.24) is 5.32 Å². The molecule has 19 heavy (non-hydrogen) atoms. The van der Waals surface area contributed by atoms with E-state index in [1.807, 2.05) is 6.07 Å². The number of benzene rings is 1. The monoisotopic (exact) mass is 261 g/mol. The van der Waals surface area contributed by atoms with Gasteiger partial charge >= 0.3 is 0 Å². The van der Waals surface area contributed by atoms with Crippen LogP contribution in [0.2, 0.25) is 0 Å². The van der Waals surface area contributed by atoms with Crippen LogP contribution < -0.4 is 10.1 Å². The maximum atomic E-state index is 5.90. The van der Waals surface area contributed by atoms with Gasteiger partial charge in [-0.05, 0) is 42.9 Å². The molecule has 1 saturated carbocycles. The fourth-order valence-corrected chi connectivity index (χ4v) is 2.84. The van der Waals surface area contributed by atoms with Crippen LogP contribution in [0.25, 0.3) is 0 Å². The van der Waals surface area contributed by atoms with Crippen molar-refractivity contribution in [2.45, 2.75) is 45.4 Å². The predicted molar refractivity (Wildman–Crippen MR) is 80.9 cm³/mol. The van der Waals surface area contributed by atoms with Gasteiger partial charge in [0.15, 0.2) is 0 Å². The summed E-state index contributed by atoms with van der Waals surface area (Å²) < 4.78 is 5.90. The molecule has 0 aliphatic heterocycles. The minimum Gasteiger partial charge on any atom is -0.492 e. The van der Waals surface area contributed by atoms with Crippen molar-refractivity contribution in [3.05, 3.63) is 29.8 Å². The molecule has 0 bridgehead atoms. The average Bonchev–Trinajstić information content (AvgIpc) is 2.92. The first-order valence-electron chi connectivity index (χ1n) is 7.70. The molecule has 2 nitrogen and oxygen atoms in total. The third-order valence-corrected chi connectivity index (χ3v) is 3.99. The highest BCUT2D eigenvalue weighted by Gasteiger charge is 2.13. The molecule has 0 amide bonds. The van der Waals surface area contributed by atoms with Crippen LogP contribution in [0.4, 0.5) is 0 Å². The number of nitrogens with one attached hydrogen (secondary N) is 1. The Balaban J connectivity index is 1.67. The topological polar surface area (TPSA) is 21.3 Å². The minimum atomic E-state index is 0.516. The lowest BCUT2D eigenvalue weighted by molar-refractivity contribution is 0.305. The molecule has 0 aromatic heterocycles. The van der Waals surface area contributed by atoms with Gasteiger partial charge in [-0.15, -0.1) is 0 Å². The Morgan fingerprint density at radius 1 is 1.21 bits per heavy atom. The lowest BCUT2D eigenvalue weighted by atomic mass is 10.0. The summed E-state index contributed by atoms with van der Waals surface area (Å²) in [5.41, 5.74) is 1.30. The van der Waals surface area contributed by atoms with Crippen molar-refractivity contribution in [2.24, 2.45) is 5.92 Å². The zero-order valence-electron chi connectivity index (χ0n) is 12.3. The number of para-hydroxylation sites is 1. The maximum absolute atomic E-state index is 5.90. The zero-order chi connectivity index (χ0) is 13.5. The quantitative estimate of drug-likeness (QED) is 0.750. The van der Waals surface area contributed by atoms with Crippen molar-refractivity contribution < 1.29 is 4.74 Å². The van der Waals surface area contributed by atoms with Gasteiger partial charge in [-0.25, -0.2) is 0 Å². The van der Waals surface area contributed by atoms with E-state index in [-0.39, 0.29) is 0 Å². The summed E-state index contributed by atoms with van der Waals surface area (Å²) in [5.74, 6) is 2.46. The Labute approximate surface area is 117 Å². The van der Waals surface area contributed by atoms with E-state index in [0.29, 0.717) is 5.92 Å². The van der Waals surface area contributed by atoms with Crippen LogP contribution in [-0.4, -0.2) is 19.7 Å². The van der Waals surface area contributed by atoms with Crippen LogP contribution in [0.5, 0.6) is 5.75 Å². The molecule has 0 radical (unpaired) electrons. The van der Waals surface area contributed by atoms with E-state index in [0.717, 1.165) is 31.4 Å². The number of hydrogen-bond acceptors (Lipinski definition) is 2. The van der Waals surface area contributed by atoms with Crippen LogP contribution in [0, 0.1) is 5.92 Å². The first kappa shape index (κ1) is 14.4. The van der Waals surface area contributed by atoms with E-state index < -0.39 is 0 Å². The van der Waals surface area contributed by atoms with E-state index in [4.69, 9.17) is 4.74 Å². The fourth-order valence-electron chi connectivity index (χ4n) is 2.84. The average molecular weight is 261 g/mol. The molecule has 2 heteroatoms. The van der Waals surface area contributed by atoms with Crippen LogP contribution in [-0.2, 0) is 0 Å². The molecule has 0 heterocycles. The van der Waals surface area contributed by atoms with Gasteiger partial charge in [0.25, 0.3) is 0 Å². The third-order valence-electron chi connectivity index (χ3n) is 3.99. The number of rotatable bonds is 7. The van der Waals surface area contributed by atoms with Gasteiger partial charge in [0.05, 0.1) is 0 Å². The van der Waals surface area contributed by atoms with Gasteiger partial charge in [0.2, 0.25) is 0 Å². The van der Waals surface area contributed by atoms with Crippen molar-refractivity contribution in [2.75, 3.05) is 19.7 Å². The van der Waals surface area contributed by atoms with E-state index in [9.17, 15) is 0 Å². The highest BCUT2D eigenvalue weighted by atomic mass is 16.5. The molecule has 0 spiro atoms. The first-order valence-corrected chi connectivity index (χ1v) is 7.70. The van der Waals surface area contributed by atoms with Crippen molar-refractivity contribution in [3.63, 3.8) is 0 Å². The molecular formula is C17H27NO. The van der Waals surface area contributed by atoms with Crippen molar-refractivity contribution in [3.8, 4) is 5.75 Å². The second-order valence-corrected chi connectivity index (χ2v) is 5.90. The van der Waals surface area contributed by atoms with Gasteiger partial charge in [-0.1, -0.05) is 44.9 Å². The van der Waals surface area contributed by atoms with Gasteiger partial charge in [0.1, 0.15) is 12.4 Å². The first-order chi connectivity index (χ1) is 9.27. The lowest BCUT2D eigenvalue weighted by Gasteiger charge is -2.15. The van der Waals surface area contributed by atoms with Crippen LogP contribution in [0.1, 0.15) is 51.0 Å². The predicted octanol–water partition coefficient (Wildman–Crippen LogP) is 3.97. The lowest BCUT2D eigenvalue weighted by Crippen LogP contribution is -2.26. The van der Waals surface area contributed by atoms with E-state index in [1.54, 1.807) is 0 Å². The van der Waals surface area contributed by atoms with E-state index in [1.165, 1.54) is 31.2 Å². The summed E-state index contributed by atoms with van der Waals surface area (Å²) in [7, 11) is 0.